The Bertz CT molecular complexity index is 520. The number of hydrazine groups is 1. The van der Waals surface area contributed by atoms with Crippen molar-refractivity contribution in [2.75, 3.05) is 0 Å². The summed E-state index contributed by atoms with van der Waals surface area (Å²) in [5.41, 5.74) is 5.45. The van der Waals surface area contributed by atoms with Gasteiger partial charge in [0.25, 0.3) is 0 Å². The Morgan fingerprint density at radius 2 is 2.11 bits per heavy atom. The van der Waals surface area contributed by atoms with E-state index >= 15 is 0 Å². The molecule has 0 saturated carbocycles. The van der Waals surface area contributed by atoms with Gasteiger partial charge in [0.05, 0.1) is 6.04 Å². The fourth-order valence-electron chi connectivity index (χ4n) is 2.35. The summed E-state index contributed by atoms with van der Waals surface area (Å²) >= 11 is 0. The minimum atomic E-state index is 0.0608. The summed E-state index contributed by atoms with van der Waals surface area (Å²) in [6.07, 6.45) is 3.33. The molecular formula is C14H21N5. The molecule has 0 aliphatic carbocycles. The zero-order valence-electron chi connectivity index (χ0n) is 11.5. The Balaban J connectivity index is 2.25. The molecule has 3 N–H and O–H groups in total. The summed E-state index contributed by atoms with van der Waals surface area (Å²) in [5, 5.41) is 4.20. The van der Waals surface area contributed by atoms with Gasteiger partial charge in [-0.1, -0.05) is 31.2 Å². The van der Waals surface area contributed by atoms with Gasteiger partial charge in [-0.05, 0) is 24.5 Å². The zero-order valence-corrected chi connectivity index (χ0v) is 11.5. The minimum absolute atomic E-state index is 0.0608. The minimum Gasteiger partial charge on any atom is -0.271 e. The quantitative estimate of drug-likeness (QED) is 0.611. The van der Waals surface area contributed by atoms with E-state index in [1.807, 2.05) is 10.7 Å². The third-order valence-corrected chi connectivity index (χ3v) is 3.39. The van der Waals surface area contributed by atoms with E-state index in [-0.39, 0.29) is 6.04 Å². The number of nitrogens with one attached hydrogen (secondary N) is 1. The summed E-state index contributed by atoms with van der Waals surface area (Å²) < 4.78 is 1.90. The lowest BCUT2D eigenvalue weighted by Crippen LogP contribution is -2.31. The number of aryl methyl sites for hydroxylation is 2. The fraction of sp³-hybridized carbons (Fsp3) is 0.429. The van der Waals surface area contributed by atoms with Crippen molar-refractivity contribution in [1.82, 2.24) is 20.2 Å². The van der Waals surface area contributed by atoms with E-state index in [2.05, 4.69) is 47.6 Å². The SMILES string of the molecule is CCc1ccccc1C(Cc1ncnn1CC)NN. The van der Waals surface area contributed by atoms with Gasteiger partial charge in [0, 0.05) is 13.0 Å². The lowest BCUT2D eigenvalue weighted by molar-refractivity contribution is 0.507. The van der Waals surface area contributed by atoms with E-state index in [4.69, 9.17) is 5.84 Å². The van der Waals surface area contributed by atoms with Crippen LogP contribution in [-0.2, 0) is 19.4 Å². The summed E-state index contributed by atoms with van der Waals surface area (Å²) in [4.78, 5) is 4.31. The van der Waals surface area contributed by atoms with Crippen LogP contribution < -0.4 is 11.3 Å². The van der Waals surface area contributed by atoms with Crippen molar-refractivity contribution in [3.8, 4) is 0 Å². The highest BCUT2D eigenvalue weighted by atomic mass is 15.3. The van der Waals surface area contributed by atoms with Gasteiger partial charge in [0.2, 0.25) is 0 Å². The van der Waals surface area contributed by atoms with E-state index in [9.17, 15) is 0 Å². The molecule has 1 aromatic carbocycles. The van der Waals surface area contributed by atoms with Gasteiger partial charge >= 0.3 is 0 Å². The monoisotopic (exact) mass is 259 g/mol. The van der Waals surface area contributed by atoms with Crippen LogP contribution in [0.3, 0.4) is 0 Å². The van der Waals surface area contributed by atoms with Crippen LogP contribution in [0.4, 0.5) is 0 Å². The van der Waals surface area contributed by atoms with Gasteiger partial charge in [0.1, 0.15) is 12.2 Å². The smallest absolute Gasteiger partial charge is 0.138 e. The number of hydrogen-bond donors (Lipinski definition) is 2. The molecular weight excluding hydrogens is 238 g/mol. The molecule has 0 bridgehead atoms. The van der Waals surface area contributed by atoms with E-state index in [1.54, 1.807) is 6.33 Å². The third-order valence-electron chi connectivity index (χ3n) is 3.39. The van der Waals surface area contributed by atoms with Crippen molar-refractivity contribution in [2.45, 2.75) is 39.3 Å². The van der Waals surface area contributed by atoms with Gasteiger partial charge in [-0.25, -0.2) is 4.98 Å². The first-order valence-corrected chi connectivity index (χ1v) is 6.70. The van der Waals surface area contributed by atoms with Crippen molar-refractivity contribution >= 4 is 0 Å². The topological polar surface area (TPSA) is 68.8 Å². The van der Waals surface area contributed by atoms with Crippen LogP contribution in [-0.4, -0.2) is 14.8 Å². The lowest BCUT2D eigenvalue weighted by Gasteiger charge is -2.19. The summed E-state index contributed by atoms with van der Waals surface area (Å²) in [6, 6.07) is 8.43. The van der Waals surface area contributed by atoms with Crippen LogP contribution in [0.5, 0.6) is 0 Å². The standard InChI is InChI=1S/C14H21N5/c1-3-11-7-5-6-8-12(11)13(18-15)9-14-16-10-17-19(14)4-2/h5-8,10,13,18H,3-4,9,15H2,1-2H3. The Labute approximate surface area is 113 Å². The first-order chi connectivity index (χ1) is 9.30. The molecule has 0 spiro atoms. The summed E-state index contributed by atoms with van der Waals surface area (Å²) in [6.45, 7) is 5.03. The Morgan fingerprint density at radius 3 is 2.79 bits per heavy atom. The molecule has 1 aromatic heterocycles. The molecule has 0 saturated heterocycles. The Hall–Kier alpha value is -1.72. The van der Waals surface area contributed by atoms with E-state index in [0.29, 0.717) is 0 Å². The average Bonchev–Trinajstić information content (AvgIpc) is 2.92. The van der Waals surface area contributed by atoms with Gasteiger partial charge < -0.3 is 0 Å². The maximum Gasteiger partial charge on any atom is 0.138 e. The maximum atomic E-state index is 5.73. The fourth-order valence-corrected chi connectivity index (χ4v) is 2.35. The second-order valence-corrected chi connectivity index (χ2v) is 4.47. The predicted molar refractivity (Wildman–Crippen MR) is 75.3 cm³/mol. The maximum absolute atomic E-state index is 5.73. The molecule has 0 radical (unpaired) electrons. The van der Waals surface area contributed by atoms with Crippen LogP contribution >= 0.6 is 0 Å². The van der Waals surface area contributed by atoms with Gasteiger partial charge in [-0.15, -0.1) is 0 Å². The number of rotatable bonds is 6. The molecule has 2 rings (SSSR count). The van der Waals surface area contributed by atoms with Crippen molar-refractivity contribution in [1.29, 1.82) is 0 Å². The van der Waals surface area contributed by atoms with Crippen molar-refractivity contribution in [3.05, 3.63) is 47.5 Å². The van der Waals surface area contributed by atoms with Crippen LogP contribution in [0.1, 0.15) is 36.8 Å². The van der Waals surface area contributed by atoms with Crippen molar-refractivity contribution < 1.29 is 0 Å². The molecule has 1 unspecified atom stereocenters. The summed E-state index contributed by atoms with van der Waals surface area (Å²) in [5.74, 6) is 6.68. The first-order valence-electron chi connectivity index (χ1n) is 6.70. The molecule has 102 valence electrons. The normalized spacial score (nSPS) is 12.6. The van der Waals surface area contributed by atoms with Crippen molar-refractivity contribution in [3.63, 3.8) is 0 Å². The number of hydrogen-bond acceptors (Lipinski definition) is 4. The molecule has 0 aliphatic heterocycles. The molecule has 0 amide bonds. The van der Waals surface area contributed by atoms with Crippen LogP contribution in [0.2, 0.25) is 0 Å². The van der Waals surface area contributed by atoms with Crippen molar-refractivity contribution in [2.24, 2.45) is 5.84 Å². The summed E-state index contributed by atoms with van der Waals surface area (Å²) in [7, 11) is 0. The largest absolute Gasteiger partial charge is 0.271 e. The number of benzene rings is 1. The molecule has 0 fully saturated rings. The first kappa shape index (κ1) is 13.7. The second-order valence-electron chi connectivity index (χ2n) is 4.47. The van der Waals surface area contributed by atoms with Crippen LogP contribution in [0.15, 0.2) is 30.6 Å². The van der Waals surface area contributed by atoms with Gasteiger partial charge in [-0.3, -0.25) is 16.0 Å². The van der Waals surface area contributed by atoms with E-state index in [1.165, 1.54) is 11.1 Å². The third kappa shape index (κ3) is 3.00. The number of nitrogens with two attached hydrogens (primary N) is 1. The highest BCUT2D eigenvalue weighted by Crippen LogP contribution is 2.21. The average molecular weight is 259 g/mol. The molecule has 0 aliphatic rings. The molecule has 19 heavy (non-hydrogen) atoms. The molecule has 5 nitrogen and oxygen atoms in total. The van der Waals surface area contributed by atoms with E-state index in [0.717, 1.165) is 25.2 Å². The Morgan fingerprint density at radius 1 is 1.32 bits per heavy atom. The zero-order chi connectivity index (χ0) is 13.7. The Kier molecular flexibility index (Phi) is 4.65. The van der Waals surface area contributed by atoms with Crippen LogP contribution in [0.25, 0.3) is 0 Å². The number of aromatic nitrogens is 3. The highest BCUT2D eigenvalue weighted by molar-refractivity contribution is 5.30. The highest BCUT2D eigenvalue weighted by Gasteiger charge is 2.16. The molecule has 1 atom stereocenters. The van der Waals surface area contributed by atoms with E-state index < -0.39 is 0 Å². The van der Waals surface area contributed by atoms with Gasteiger partial charge in [0.15, 0.2) is 0 Å². The van der Waals surface area contributed by atoms with Crippen LogP contribution in [0, 0.1) is 0 Å². The lowest BCUT2D eigenvalue weighted by atomic mass is 9.96. The second kappa shape index (κ2) is 6.45. The number of nitrogens with zero attached hydrogens (tertiary/aromatic N) is 3. The molecule has 5 heteroatoms. The molecule has 2 aromatic rings. The predicted octanol–water partition coefficient (Wildman–Crippen LogP) is 1.61. The molecule has 1 heterocycles. The van der Waals surface area contributed by atoms with Gasteiger partial charge in [-0.2, -0.15) is 5.10 Å².